The number of aryl methyl sites for hydroxylation is 1. The van der Waals surface area contributed by atoms with Crippen molar-refractivity contribution in [2.45, 2.75) is 12.8 Å². The monoisotopic (exact) mass is 337 g/mol. The maximum absolute atomic E-state index is 13.5. The van der Waals surface area contributed by atoms with Gasteiger partial charge >= 0.3 is 0 Å². The van der Waals surface area contributed by atoms with Crippen molar-refractivity contribution < 1.29 is 17.5 Å². The van der Waals surface area contributed by atoms with Crippen molar-refractivity contribution in [3.8, 4) is 5.75 Å². The average molecular weight is 337 g/mol. The van der Waals surface area contributed by atoms with Crippen LogP contribution in [0.3, 0.4) is 0 Å². The molecule has 0 bridgehead atoms. The van der Waals surface area contributed by atoms with Crippen molar-refractivity contribution in [3.63, 3.8) is 0 Å². The standard InChI is InChI=1S/C17H20FNO3S/c1-22-16-7-4-5-14(13-16)10-12-23(20,21)19-11-9-15-6-2-3-8-17(15)18/h2-8,13,19H,9-12H2,1H3. The first-order valence-corrected chi connectivity index (χ1v) is 8.99. The lowest BCUT2D eigenvalue weighted by molar-refractivity contribution is 0.414. The summed E-state index contributed by atoms with van der Waals surface area (Å²) >= 11 is 0. The second kappa shape index (κ2) is 8.08. The third-order valence-corrected chi connectivity index (χ3v) is 4.85. The fourth-order valence-corrected chi connectivity index (χ4v) is 3.26. The summed E-state index contributed by atoms with van der Waals surface area (Å²) in [4.78, 5) is 0. The van der Waals surface area contributed by atoms with E-state index in [9.17, 15) is 12.8 Å². The van der Waals surface area contributed by atoms with E-state index in [4.69, 9.17) is 4.74 Å². The zero-order valence-corrected chi connectivity index (χ0v) is 13.8. The van der Waals surface area contributed by atoms with E-state index in [0.29, 0.717) is 24.2 Å². The van der Waals surface area contributed by atoms with Crippen LogP contribution in [0, 0.1) is 5.82 Å². The molecule has 0 aliphatic carbocycles. The molecular weight excluding hydrogens is 317 g/mol. The smallest absolute Gasteiger partial charge is 0.211 e. The summed E-state index contributed by atoms with van der Waals surface area (Å²) in [5.41, 5.74) is 1.40. The van der Waals surface area contributed by atoms with Crippen LogP contribution in [-0.2, 0) is 22.9 Å². The normalized spacial score (nSPS) is 11.4. The molecule has 1 N–H and O–H groups in total. The summed E-state index contributed by atoms with van der Waals surface area (Å²) in [6.07, 6.45) is 0.720. The topological polar surface area (TPSA) is 55.4 Å². The van der Waals surface area contributed by atoms with Crippen molar-refractivity contribution in [2.24, 2.45) is 0 Å². The Morgan fingerprint density at radius 2 is 1.87 bits per heavy atom. The third-order valence-electron chi connectivity index (χ3n) is 3.47. The van der Waals surface area contributed by atoms with Crippen LogP contribution in [0.15, 0.2) is 48.5 Å². The maximum Gasteiger partial charge on any atom is 0.211 e. The lowest BCUT2D eigenvalue weighted by Crippen LogP contribution is -2.29. The summed E-state index contributed by atoms with van der Waals surface area (Å²) in [5, 5.41) is 0. The van der Waals surface area contributed by atoms with Crippen LogP contribution >= 0.6 is 0 Å². The van der Waals surface area contributed by atoms with Gasteiger partial charge in [0, 0.05) is 6.54 Å². The Hall–Kier alpha value is -1.92. The van der Waals surface area contributed by atoms with Gasteiger partial charge in [-0.1, -0.05) is 30.3 Å². The predicted octanol–water partition coefficient (Wildman–Crippen LogP) is 2.54. The van der Waals surface area contributed by atoms with Crippen LogP contribution in [0.4, 0.5) is 4.39 Å². The fourth-order valence-electron chi connectivity index (χ4n) is 2.19. The molecule has 2 rings (SSSR count). The first kappa shape index (κ1) is 17.4. The molecule has 0 amide bonds. The first-order chi connectivity index (χ1) is 11.0. The molecule has 0 atom stereocenters. The van der Waals surface area contributed by atoms with Gasteiger partial charge in [0.15, 0.2) is 0 Å². The van der Waals surface area contributed by atoms with E-state index < -0.39 is 10.0 Å². The zero-order valence-electron chi connectivity index (χ0n) is 13.0. The summed E-state index contributed by atoms with van der Waals surface area (Å²) in [5.74, 6) is 0.368. The molecule has 2 aromatic rings. The van der Waals surface area contributed by atoms with E-state index in [1.807, 2.05) is 24.3 Å². The number of hydrogen-bond donors (Lipinski definition) is 1. The molecule has 0 fully saturated rings. The molecule has 0 unspecified atom stereocenters. The van der Waals surface area contributed by atoms with E-state index in [1.165, 1.54) is 6.07 Å². The average Bonchev–Trinajstić information content (AvgIpc) is 2.55. The largest absolute Gasteiger partial charge is 0.497 e. The molecular formula is C17H20FNO3S. The van der Waals surface area contributed by atoms with Gasteiger partial charge < -0.3 is 4.74 Å². The molecule has 124 valence electrons. The number of ether oxygens (including phenoxy) is 1. The molecule has 23 heavy (non-hydrogen) atoms. The molecule has 0 aliphatic heterocycles. The van der Waals surface area contributed by atoms with Gasteiger partial charge in [-0.2, -0.15) is 0 Å². The van der Waals surface area contributed by atoms with E-state index in [-0.39, 0.29) is 18.1 Å². The van der Waals surface area contributed by atoms with Gasteiger partial charge in [0.25, 0.3) is 0 Å². The highest BCUT2D eigenvalue weighted by Gasteiger charge is 2.11. The van der Waals surface area contributed by atoms with Crippen molar-refractivity contribution in [1.29, 1.82) is 0 Å². The van der Waals surface area contributed by atoms with Crippen LogP contribution < -0.4 is 9.46 Å². The van der Waals surface area contributed by atoms with E-state index >= 15 is 0 Å². The molecule has 2 aromatic carbocycles. The summed E-state index contributed by atoms with van der Waals surface area (Å²) < 4.78 is 45.1. The van der Waals surface area contributed by atoms with Gasteiger partial charge in [-0.3, -0.25) is 0 Å². The minimum atomic E-state index is -3.40. The SMILES string of the molecule is COc1cccc(CCS(=O)(=O)NCCc2ccccc2F)c1. The summed E-state index contributed by atoms with van der Waals surface area (Å²) in [6.45, 7) is 0.182. The fraction of sp³-hybridized carbons (Fsp3) is 0.294. The minimum absolute atomic E-state index is 0.0164. The summed E-state index contributed by atoms with van der Waals surface area (Å²) in [7, 11) is -1.83. The Balaban J connectivity index is 1.83. The molecule has 6 heteroatoms. The van der Waals surface area contributed by atoms with E-state index in [1.54, 1.807) is 25.3 Å². The molecule has 0 aliphatic rings. The van der Waals surface area contributed by atoms with Crippen LogP contribution in [0.1, 0.15) is 11.1 Å². The van der Waals surface area contributed by atoms with E-state index in [2.05, 4.69) is 4.72 Å². The quantitative estimate of drug-likeness (QED) is 0.805. The van der Waals surface area contributed by atoms with Crippen LogP contribution in [-0.4, -0.2) is 27.8 Å². The van der Waals surface area contributed by atoms with E-state index in [0.717, 1.165) is 5.56 Å². The van der Waals surface area contributed by atoms with Crippen molar-refractivity contribution in [3.05, 3.63) is 65.5 Å². The predicted molar refractivity (Wildman–Crippen MR) is 88.6 cm³/mol. The molecule has 0 heterocycles. The van der Waals surface area contributed by atoms with Gasteiger partial charge in [-0.05, 0) is 42.2 Å². The highest BCUT2D eigenvalue weighted by molar-refractivity contribution is 7.89. The lowest BCUT2D eigenvalue weighted by Gasteiger charge is -2.08. The second-order valence-corrected chi connectivity index (χ2v) is 7.08. The van der Waals surface area contributed by atoms with Gasteiger partial charge in [0.05, 0.1) is 12.9 Å². The molecule has 0 aromatic heterocycles. The second-order valence-electron chi connectivity index (χ2n) is 5.16. The number of halogens is 1. The van der Waals surface area contributed by atoms with Crippen molar-refractivity contribution in [2.75, 3.05) is 19.4 Å². The number of methoxy groups -OCH3 is 1. The van der Waals surface area contributed by atoms with Gasteiger partial charge in [0.2, 0.25) is 10.0 Å². The van der Waals surface area contributed by atoms with Crippen LogP contribution in [0.5, 0.6) is 5.75 Å². The lowest BCUT2D eigenvalue weighted by atomic mass is 10.1. The first-order valence-electron chi connectivity index (χ1n) is 7.34. The number of hydrogen-bond acceptors (Lipinski definition) is 3. The Morgan fingerprint density at radius 1 is 1.09 bits per heavy atom. The van der Waals surface area contributed by atoms with Crippen molar-refractivity contribution in [1.82, 2.24) is 4.72 Å². The number of nitrogens with one attached hydrogen (secondary N) is 1. The molecule has 4 nitrogen and oxygen atoms in total. The minimum Gasteiger partial charge on any atom is -0.497 e. The number of benzene rings is 2. The molecule has 0 spiro atoms. The Morgan fingerprint density at radius 3 is 2.61 bits per heavy atom. The van der Waals surface area contributed by atoms with Gasteiger partial charge in [0.1, 0.15) is 11.6 Å². The molecule has 0 saturated carbocycles. The molecule has 0 radical (unpaired) electrons. The highest BCUT2D eigenvalue weighted by Crippen LogP contribution is 2.13. The number of sulfonamides is 1. The van der Waals surface area contributed by atoms with Gasteiger partial charge in [-0.15, -0.1) is 0 Å². The van der Waals surface area contributed by atoms with Crippen molar-refractivity contribution >= 4 is 10.0 Å². The van der Waals surface area contributed by atoms with Crippen LogP contribution in [0.2, 0.25) is 0 Å². The van der Waals surface area contributed by atoms with Crippen LogP contribution in [0.25, 0.3) is 0 Å². The van der Waals surface area contributed by atoms with Gasteiger partial charge in [-0.25, -0.2) is 17.5 Å². The molecule has 0 saturated heterocycles. The Bertz CT molecular complexity index is 747. The number of rotatable bonds is 8. The third kappa shape index (κ3) is 5.65. The summed E-state index contributed by atoms with van der Waals surface area (Å²) in [6, 6.07) is 13.7. The Kier molecular flexibility index (Phi) is 6.12. The maximum atomic E-state index is 13.5. The Labute approximate surface area is 136 Å². The zero-order chi connectivity index (χ0) is 16.7. The highest BCUT2D eigenvalue weighted by atomic mass is 32.2.